The van der Waals surface area contributed by atoms with Crippen LogP contribution in [0, 0.1) is 0 Å². The Hall–Kier alpha value is -0.540. The van der Waals surface area contributed by atoms with Crippen molar-refractivity contribution in [1.82, 2.24) is 0 Å². The van der Waals surface area contributed by atoms with E-state index in [1.54, 1.807) is 0 Å². The fraction of sp³-hybridized carbons (Fsp3) is 0.400. The standard InChI is InChI=1S/C10H11BrO2/c1-10(2)12-6-7-5-8(11)3-4-9(7)13-10/h3-5H,6H2,1-2H3/i3D,4D,5D,6D2. The van der Waals surface area contributed by atoms with Crippen molar-refractivity contribution in [3.8, 4) is 5.75 Å². The third-order valence-electron chi connectivity index (χ3n) is 1.49. The maximum Gasteiger partial charge on any atom is 0.205 e. The van der Waals surface area contributed by atoms with Crippen molar-refractivity contribution in [2.45, 2.75) is 26.2 Å². The minimum atomic E-state index is -2.24. The first-order valence-corrected chi connectivity index (χ1v) is 4.55. The van der Waals surface area contributed by atoms with Gasteiger partial charge >= 0.3 is 0 Å². The highest BCUT2D eigenvalue weighted by Crippen LogP contribution is 2.32. The lowest BCUT2D eigenvalue weighted by atomic mass is 10.2. The summed E-state index contributed by atoms with van der Waals surface area (Å²) in [6, 6.07) is -0.688. The lowest BCUT2D eigenvalue weighted by molar-refractivity contribution is -0.180. The van der Waals surface area contributed by atoms with Crippen LogP contribution in [0.3, 0.4) is 0 Å². The number of ether oxygens (including phenoxy) is 2. The molecule has 1 aromatic rings. The molecule has 0 spiro atoms. The van der Waals surface area contributed by atoms with E-state index in [1.165, 1.54) is 13.8 Å². The van der Waals surface area contributed by atoms with E-state index >= 15 is 0 Å². The van der Waals surface area contributed by atoms with E-state index in [1.807, 2.05) is 0 Å². The summed E-state index contributed by atoms with van der Waals surface area (Å²) in [6.45, 7) is 0.797. The van der Waals surface area contributed by atoms with Crippen LogP contribution in [0.25, 0.3) is 0 Å². The molecular formula is C10H11BrO2. The smallest absolute Gasteiger partial charge is 0.205 e. The van der Waals surface area contributed by atoms with Crippen molar-refractivity contribution >= 4 is 15.9 Å². The van der Waals surface area contributed by atoms with Crippen LogP contribution in [-0.2, 0) is 11.3 Å². The van der Waals surface area contributed by atoms with Crippen molar-refractivity contribution in [3.63, 3.8) is 0 Å². The first-order chi connectivity index (χ1) is 8.07. The molecule has 0 atom stereocenters. The van der Waals surface area contributed by atoms with E-state index in [2.05, 4.69) is 15.9 Å². The van der Waals surface area contributed by atoms with Gasteiger partial charge in [0.15, 0.2) is 0 Å². The van der Waals surface area contributed by atoms with Crippen LogP contribution in [0.2, 0.25) is 0 Å². The number of rotatable bonds is 0. The van der Waals surface area contributed by atoms with Crippen LogP contribution in [-0.4, -0.2) is 5.79 Å². The summed E-state index contributed by atoms with van der Waals surface area (Å²) in [5, 5.41) is 0. The van der Waals surface area contributed by atoms with Gasteiger partial charge < -0.3 is 9.47 Å². The third-order valence-corrected chi connectivity index (χ3v) is 1.89. The van der Waals surface area contributed by atoms with Crippen molar-refractivity contribution in [2.75, 3.05) is 0 Å². The van der Waals surface area contributed by atoms with Crippen LogP contribution < -0.4 is 4.74 Å². The Labute approximate surface area is 93.0 Å². The minimum Gasteiger partial charge on any atom is -0.463 e. The molecule has 0 bridgehead atoms. The molecule has 0 unspecified atom stereocenters. The van der Waals surface area contributed by atoms with Gasteiger partial charge in [-0.1, -0.05) is 15.9 Å². The molecule has 0 radical (unpaired) electrons. The molecule has 2 nitrogen and oxygen atoms in total. The van der Waals surface area contributed by atoms with Gasteiger partial charge in [0, 0.05) is 23.9 Å². The van der Waals surface area contributed by atoms with Crippen LogP contribution in [0.4, 0.5) is 0 Å². The molecule has 0 amide bonds. The molecule has 3 heteroatoms. The van der Waals surface area contributed by atoms with Gasteiger partial charge in [-0.05, 0) is 18.1 Å². The highest BCUT2D eigenvalue weighted by atomic mass is 79.9. The Morgan fingerprint density at radius 1 is 1.62 bits per heavy atom. The van der Waals surface area contributed by atoms with Crippen LogP contribution >= 0.6 is 15.9 Å². The average molecular weight is 248 g/mol. The van der Waals surface area contributed by atoms with Gasteiger partial charge in [0.25, 0.3) is 0 Å². The molecule has 2 rings (SSSR count). The molecule has 13 heavy (non-hydrogen) atoms. The van der Waals surface area contributed by atoms with E-state index in [0.717, 1.165) is 0 Å². The molecule has 70 valence electrons. The second kappa shape index (κ2) is 3.00. The Balaban J connectivity index is 2.81. The normalized spacial score (nSPS) is 28.4. The molecule has 1 heterocycles. The maximum absolute atomic E-state index is 7.85. The van der Waals surface area contributed by atoms with Gasteiger partial charge in [0.05, 0.1) is 13.4 Å². The highest BCUT2D eigenvalue weighted by molar-refractivity contribution is 9.10. The fourth-order valence-electron chi connectivity index (χ4n) is 0.961. The summed E-state index contributed by atoms with van der Waals surface area (Å²) in [5.74, 6) is -1.35. The monoisotopic (exact) mass is 247 g/mol. The Bertz CT molecular complexity index is 530. The van der Waals surface area contributed by atoms with E-state index in [-0.39, 0.29) is 33.9 Å². The molecule has 0 aromatic heterocycles. The van der Waals surface area contributed by atoms with Crippen LogP contribution in [0.15, 0.2) is 22.6 Å². The van der Waals surface area contributed by atoms with Crippen molar-refractivity contribution < 1.29 is 16.3 Å². The third kappa shape index (κ3) is 1.86. The zero-order valence-corrected chi connectivity index (χ0v) is 8.78. The number of fused-ring (bicyclic) bond motifs is 1. The van der Waals surface area contributed by atoms with Crippen LogP contribution in [0.5, 0.6) is 5.75 Å². The second-order valence-electron chi connectivity index (χ2n) is 3.10. The van der Waals surface area contributed by atoms with Crippen molar-refractivity contribution in [1.29, 1.82) is 0 Å². The summed E-state index contributed by atoms with van der Waals surface area (Å²) in [6.07, 6.45) is 0. The predicted octanol–water partition coefficient (Wildman–Crippen LogP) is 3.09. The Kier molecular flexibility index (Phi) is 1.11. The number of hydrogen-bond acceptors (Lipinski definition) is 2. The van der Waals surface area contributed by atoms with Gasteiger partial charge in [-0.3, -0.25) is 0 Å². The molecular weight excluding hydrogens is 232 g/mol. The summed E-state index contributed by atoms with van der Waals surface area (Å²) >= 11 is 3.02. The van der Waals surface area contributed by atoms with Crippen molar-refractivity contribution in [2.24, 2.45) is 0 Å². The lowest BCUT2D eigenvalue weighted by Gasteiger charge is -2.32. The van der Waals surface area contributed by atoms with E-state index in [9.17, 15) is 0 Å². The zero-order valence-electron chi connectivity index (χ0n) is 12.2. The maximum atomic E-state index is 7.85. The van der Waals surface area contributed by atoms with Gasteiger partial charge in [-0.25, -0.2) is 0 Å². The molecule has 1 aromatic carbocycles. The number of halogens is 1. The van der Waals surface area contributed by atoms with Crippen LogP contribution in [0.1, 0.15) is 26.3 Å². The molecule has 0 aliphatic carbocycles. The first-order valence-electron chi connectivity index (χ1n) is 6.26. The molecule has 1 aliphatic heterocycles. The van der Waals surface area contributed by atoms with E-state index < -0.39 is 12.3 Å². The topological polar surface area (TPSA) is 18.5 Å². The van der Waals surface area contributed by atoms with Gasteiger partial charge in [-0.2, -0.15) is 0 Å². The quantitative estimate of drug-likeness (QED) is 0.702. The Morgan fingerprint density at radius 3 is 3.15 bits per heavy atom. The van der Waals surface area contributed by atoms with E-state index in [4.69, 9.17) is 16.3 Å². The highest BCUT2D eigenvalue weighted by Gasteiger charge is 2.26. The molecule has 0 N–H and O–H groups in total. The lowest BCUT2D eigenvalue weighted by Crippen LogP contribution is -2.35. The van der Waals surface area contributed by atoms with Gasteiger partial charge in [0.2, 0.25) is 5.79 Å². The predicted molar refractivity (Wildman–Crippen MR) is 53.6 cm³/mol. The fourth-order valence-corrected chi connectivity index (χ4v) is 1.26. The van der Waals surface area contributed by atoms with E-state index in [0.29, 0.717) is 0 Å². The number of hydrogen-bond donors (Lipinski definition) is 0. The van der Waals surface area contributed by atoms with Crippen molar-refractivity contribution in [3.05, 3.63) is 28.2 Å². The summed E-state index contributed by atoms with van der Waals surface area (Å²) in [7, 11) is 0. The number of benzene rings is 1. The summed E-state index contributed by atoms with van der Waals surface area (Å²) in [4.78, 5) is 0. The molecule has 0 saturated heterocycles. The molecule has 1 aliphatic rings. The summed E-state index contributed by atoms with van der Waals surface area (Å²) < 4.78 is 49.6. The molecule has 0 saturated carbocycles. The second-order valence-corrected chi connectivity index (χ2v) is 3.89. The zero-order chi connectivity index (χ0) is 13.9. The largest absolute Gasteiger partial charge is 0.463 e. The SMILES string of the molecule is [2H]c1c([2H])c2c(c([2H])c1Br)C([2H])([2H])OC(C)(C)O2. The average Bonchev–Trinajstić information content (AvgIpc) is 2.19. The summed E-state index contributed by atoms with van der Waals surface area (Å²) in [5.41, 5.74) is -0.158. The van der Waals surface area contributed by atoms with Gasteiger partial charge in [-0.15, -0.1) is 0 Å². The molecule has 0 fully saturated rings. The van der Waals surface area contributed by atoms with Gasteiger partial charge in [0.1, 0.15) is 5.75 Å². The first kappa shape index (κ1) is 4.80. The Morgan fingerprint density at radius 2 is 2.38 bits per heavy atom. The minimum absolute atomic E-state index is 0.0574.